The summed E-state index contributed by atoms with van der Waals surface area (Å²) in [6, 6.07) is 0. The van der Waals surface area contributed by atoms with Crippen LogP contribution in [0.15, 0.2) is 0 Å². The Kier molecular flexibility index (Phi) is 12.6. The van der Waals surface area contributed by atoms with E-state index in [9.17, 15) is 18.2 Å². The average Bonchev–Trinajstić information content (AvgIpc) is 2.95. The Labute approximate surface area is 260 Å². The topological polar surface area (TPSA) is 89.5 Å². The fraction of sp³-hybridized carbons (Fsp3) is 1.00. The number of hydrogen-bond acceptors (Lipinski definition) is 6. The van der Waals surface area contributed by atoms with E-state index in [0.717, 1.165) is 49.0 Å². The minimum absolute atomic E-state index is 0. The van der Waals surface area contributed by atoms with Gasteiger partial charge in [-0.3, -0.25) is 0 Å². The van der Waals surface area contributed by atoms with Gasteiger partial charge in [0.15, 0.2) is 0 Å². The van der Waals surface area contributed by atoms with Gasteiger partial charge < -0.3 is 14.1 Å². The van der Waals surface area contributed by atoms with Crippen LogP contribution < -0.4 is 108 Å². The van der Waals surface area contributed by atoms with Crippen molar-refractivity contribution in [1.29, 1.82) is 0 Å². The third kappa shape index (κ3) is 6.30. The summed E-state index contributed by atoms with van der Waals surface area (Å²) in [5, 5.41) is 10.2. The van der Waals surface area contributed by atoms with E-state index in [1.165, 1.54) is 32.1 Å². The Morgan fingerprint density at radius 3 is 2.07 bits per heavy atom. The molecule has 3 saturated carbocycles. The molecule has 0 radical (unpaired) electrons. The molecule has 1 heterocycles. The van der Waals surface area contributed by atoms with E-state index in [4.69, 9.17) is 0 Å². The van der Waals surface area contributed by atoms with Crippen LogP contribution in [0.2, 0.25) is 0 Å². The third-order valence-electron chi connectivity index (χ3n) is 7.52. The van der Waals surface area contributed by atoms with E-state index >= 15 is 0 Å². The fourth-order valence-electron chi connectivity index (χ4n) is 6.53. The molecule has 0 aromatic heterocycles. The molecule has 1 aliphatic heterocycles. The number of fused-ring (bicyclic) bond motifs is 3. The number of rotatable bonds is 4. The number of hydrogen-bond donors (Lipinski definition) is 0. The molecule has 3 aliphatic carbocycles. The molecule has 0 N–H and O–H groups in total. The predicted molar refractivity (Wildman–Crippen MR) is 102 cm³/mol. The molecule has 0 bridgehead atoms. The molecule has 1 saturated heterocycles. The molecule has 4 rings (SSSR count). The quantitative estimate of drug-likeness (QED) is 0.105. The normalized spacial score (nSPS) is 41.3. The van der Waals surface area contributed by atoms with Gasteiger partial charge in [-0.05, 0) is 92.2 Å². The van der Waals surface area contributed by atoms with Gasteiger partial charge in [-0.25, -0.2) is 8.42 Å². The maximum absolute atomic E-state index is 11.7. The maximum atomic E-state index is 11.7. The van der Waals surface area contributed by atoms with E-state index in [2.05, 4.69) is 4.33 Å². The molecule has 0 amide bonds. The van der Waals surface area contributed by atoms with Gasteiger partial charge in [-0.1, -0.05) is 27.2 Å². The summed E-state index contributed by atoms with van der Waals surface area (Å²) in [4.78, 5) is 0. The summed E-state index contributed by atoms with van der Waals surface area (Å²) in [7, 11) is -4.28. The van der Waals surface area contributed by atoms with Crippen LogP contribution >= 0.6 is 20.0 Å². The monoisotopic (exact) mass is 498 g/mol. The molecule has 7 unspecified atom stereocenters. The Morgan fingerprint density at radius 1 is 0.857 bits per heavy atom. The Hall–Kier alpha value is 3.88. The van der Waals surface area contributed by atoms with Crippen LogP contribution in [0.25, 0.3) is 0 Å². The van der Waals surface area contributed by atoms with E-state index < -0.39 is 15.4 Å². The zero-order valence-corrected chi connectivity index (χ0v) is 25.9. The molecule has 4 fully saturated rings. The molecule has 0 spiro atoms. The van der Waals surface area contributed by atoms with Gasteiger partial charge >= 0.3 is 103 Å². The van der Waals surface area contributed by atoms with Crippen LogP contribution in [0.5, 0.6) is 0 Å². The summed E-state index contributed by atoms with van der Waals surface area (Å²) >= 11 is 1.06. The van der Waals surface area contributed by atoms with E-state index in [1.54, 1.807) is 0 Å². The first-order chi connectivity index (χ1) is 12.5. The average molecular weight is 499 g/mol. The third-order valence-corrected chi connectivity index (χ3v) is 13.7. The molecule has 0 aromatic carbocycles. The van der Waals surface area contributed by atoms with Crippen LogP contribution in [0, 0.1) is 11.8 Å². The van der Waals surface area contributed by atoms with Crippen molar-refractivity contribution in [2.24, 2.45) is 11.8 Å². The van der Waals surface area contributed by atoms with Gasteiger partial charge in [0.25, 0.3) is 0 Å². The second-order valence-corrected chi connectivity index (χ2v) is 14.3. The summed E-state index contributed by atoms with van der Waals surface area (Å²) in [5.74, 6) is 0.879. The molecular weight excluding hydrogens is 469 g/mol. The van der Waals surface area contributed by atoms with Crippen molar-refractivity contribution in [2.45, 2.75) is 98.1 Å². The first-order valence-electron chi connectivity index (χ1n) is 10.2. The zero-order chi connectivity index (χ0) is 18.3. The van der Waals surface area contributed by atoms with Gasteiger partial charge in [-0.2, -0.15) is 0 Å². The Morgan fingerprint density at radius 2 is 1.46 bits per heavy atom. The van der Waals surface area contributed by atoms with Crippen molar-refractivity contribution in [2.75, 3.05) is 0 Å². The van der Waals surface area contributed by atoms with E-state index in [1.807, 2.05) is 0 Å². The molecule has 4 aliphatic rings. The maximum Gasteiger partial charge on any atom is 1.00 e. The zero-order valence-electron chi connectivity index (χ0n) is 17.1. The van der Waals surface area contributed by atoms with Gasteiger partial charge in [0.1, 0.15) is 0 Å². The van der Waals surface area contributed by atoms with Crippen molar-refractivity contribution < 1.29 is 125 Å². The molecule has 5 nitrogen and oxygen atoms in total. The van der Waals surface area contributed by atoms with Crippen molar-refractivity contribution >= 4 is 30.1 Å². The fourth-order valence-corrected chi connectivity index (χ4v) is 13.1. The van der Waals surface area contributed by atoms with Crippen molar-refractivity contribution in [3.8, 4) is 0 Å². The van der Waals surface area contributed by atoms with Crippen LogP contribution in [0.1, 0.15) is 70.6 Å². The van der Waals surface area contributed by atoms with Gasteiger partial charge in [0, 0.05) is 10.5 Å². The van der Waals surface area contributed by atoms with Crippen molar-refractivity contribution in [3.05, 3.63) is 0 Å². The van der Waals surface area contributed by atoms with Crippen LogP contribution in [0.3, 0.4) is 0 Å². The second kappa shape index (κ2) is 12.5. The predicted octanol–water partition coefficient (Wildman–Crippen LogP) is -2.62. The smallest absolute Gasteiger partial charge is 0.748 e. The minimum Gasteiger partial charge on any atom is -0.748 e. The Balaban J connectivity index is 0.00000140. The van der Waals surface area contributed by atoms with Crippen LogP contribution in [-0.2, 0) is 14.5 Å². The Bertz CT molecular complexity index is 605. The van der Waals surface area contributed by atoms with Crippen molar-refractivity contribution in [1.82, 2.24) is 0 Å². The van der Waals surface area contributed by atoms with Crippen LogP contribution in [0.4, 0.5) is 0 Å². The molecule has 7 atom stereocenters. The summed E-state index contributed by atoms with van der Waals surface area (Å²) < 4.78 is 39.1. The van der Waals surface area contributed by atoms with Gasteiger partial charge in [-0.15, -0.1) is 0 Å². The standard InChI is InChI=1S/C18H31O5PS2.2K/c19-23-25-13-6-8-17-15(10-13)16-11-14(26(20,21)22)7-9-18(16)24(17)12-4-2-1-3-5-12;;/h12-19H,1-11H2,(H,20,21,22);;/q;2*+1/p-2. The largest absolute Gasteiger partial charge is 1.00 e. The molecule has 28 heavy (non-hydrogen) atoms. The molecule has 10 heteroatoms. The minimum atomic E-state index is -4.19. The summed E-state index contributed by atoms with van der Waals surface area (Å²) in [6.45, 7) is 0. The second-order valence-electron chi connectivity index (χ2n) is 8.73. The van der Waals surface area contributed by atoms with Crippen LogP contribution in [-0.4, -0.2) is 40.4 Å². The first kappa shape index (κ1) is 28.1. The van der Waals surface area contributed by atoms with Gasteiger partial charge in [0.05, 0.1) is 10.1 Å². The van der Waals surface area contributed by atoms with Crippen molar-refractivity contribution in [3.63, 3.8) is 0 Å². The van der Waals surface area contributed by atoms with E-state index in [-0.39, 0.29) is 116 Å². The SMILES string of the molecule is O=S(=O)([O-])C1CCC2C(C1)C1CC(SO[O-])CCC1P2C1CCCCC1.[K+].[K+]. The molecular formula is C18H29K2O5PS2. The van der Waals surface area contributed by atoms with Gasteiger partial charge in [0.2, 0.25) is 0 Å². The van der Waals surface area contributed by atoms with E-state index in [0.29, 0.717) is 30.3 Å². The molecule has 0 aromatic rings. The summed E-state index contributed by atoms with van der Waals surface area (Å²) in [6.07, 6.45) is 12.0. The molecule has 150 valence electrons. The first-order valence-corrected chi connectivity index (χ1v) is 14.0. The summed E-state index contributed by atoms with van der Waals surface area (Å²) in [5.41, 5.74) is 2.22.